The Bertz CT molecular complexity index is 948. The maximum absolute atomic E-state index is 13.2. The van der Waals surface area contributed by atoms with Crippen molar-refractivity contribution in [2.75, 3.05) is 0 Å². The van der Waals surface area contributed by atoms with Crippen LogP contribution in [-0.2, 0) is 15.0 Å². The molecule has 0 bridgehead atoms. The fourth-order valence-corrected chi connectivity index (χ4v) is 8.53. The Labute approximate surface area is 180 Å². The molecule has 160 valence electrons. The van der Waals surface area contributed by atoms with Crippen molar-refractivity contribution in [3.05, 3.63) is 47.0 Å². The van der Waals surface area contributed by atoms with E-state index in [0.29, 0.717) is 30.0 Å². The van der Waals surface area contributed by atoms with Gasteiger partial charge in [-0.3, -0.25) is 9.59 Å². The van der Waals surface area contributed by atoms with Gasteiger partial charge in [0.05, 0.1) is 5.41 Å². The summed E-state index contributed by atoms with van der Waals surface area (Å²) < 4.78 is 0. The highest BCUT2D eigenvalue weighted by Crippen LogP contribution is 2.70. The van der Waals surface area contributed by atoms with Crippen molar-refractivity contribution in [2.24, 2.45) is 34.3 Å². The molecule has 0 aliphatic heterocycles. The Kier molecular flexibility index (Phi) is 4.37. The molecule has 0 saturated heterocycles. The standard InChI is InChI=1S/C27H35NO2/c1-17-5-4-6-19(15-17)27(24(28)30)14-11-23-21-8-7-18-16-20(29)9-12-25(18,2)22(21)10-13-26(23,27)3/h4-6,15-16,21-23H,7-14H2,1-3H3,(H2,28,30)/t21-,22-,23+,25+,26+,27?/m1/s1. The van der Waals surface area contributed by atoms with E-state index >= 15 is 0 Å². The molecule has 2 N–H and O–H groups in total. The first-order valence-electron chi connectivity index (χ1n) is 11.8. The fourth-order valence-electron chi connectivity index (χ4n) is 8.53. The molecule has 1 amide bonds. The molecular weight excluding hydrogens is 370 g/mol. The Hall–Kier alpha value is -1.90. The number of carbonyl (C=O) groups excluding carboxylic acids is 2. The smallest absolute Gasteiger partial charge is 0.228 e. The van der Waals surface area contributed by atoms with Crippen LogP contribution in [0.1, 0.15) is 76.3 Å². The second-order valence-corrected chi connectivity index (χ2v) is 11.1. The van der Waals surface area contributed by atoms with Gasteiger partial charge in [0.2, 0.25) is 5.91 Å². The SMILES string of the molecule is Cc1cccc(C2(C(N)=O)CC[C@H]3[C@@H]4CCC5=CC(=O)CC[C@]5(C)[C@@H]4CC[C@@]32C)c1. The van der Waals surface area contributed by atoms with Crippen LogP contribution in [0.25, 0.3) is 0 Å². The molecule has 3 fully saturated rings. The van der Waals surface area contributed by atoms with Gasteiger partial charge < -0.3 is 5.73 Å². The van der Waals surface area contributed by atoms with Gasteiger partial charge in [-0.15, -0.1) is 0 Å². The van der Waals surface area contributed by atoms with Gasteiger partial charge in [-0.1, -0.05) is 49.2 Å². The van der Waals surface area contributed by atoms with Gasteiger partial charge in [-0.05, 0) is 92.1 Å². The lowest BCUT2D eigenvalue weighted by Crippen LogP contribution is -2.57. The van der Waals surface area contributed by atoms with Crippen LogP contribution in [-0.4, -0.2) is 11.7 Å². The monoisotopic (exact) mass is 405 g/mol. The topological polar surface area (TPSA) is 60.2 Å². The number of allylic oxidation sites excluding steroid dienone is 1. The molecule has 0 aromatic heterocycles. The second kappa shape index (κ2) is 6.55. The van der Waals surface area contributed by atoms with E-state index in [0.717, 1.165) is 50.5 Å². The van der Waals surface area contributed by atoms with Crippen molar-refractivity contribution >= 4 is 11.7 Å². The Balaban J connectivity index is 1.56. The third-order valence-corrected chi connectivity index (χ3v) is 10.1. The predicted octanol–water partition coefficient (Wildman–Crippen LogP) is 5.25. The summed E-state index contributed by atoms with van der Waals surface area (Å²) in [7, 11) is 0. The molecule has 0 heterocycles. The van der Waals surface area contributed by atoms with Crippen molar-refractivity contribution < 1.29 is 9.59 Å². The number of benzene rings is 1. The molecule has 3 nitrogen and oxygen atoms in total. The molecule has 4 aliphatic carbocycles. The maximum atomic E-state index is 13.2. The molecular formula is C27H35NO2. The lowest BCUT2D eigenvalue weighted by atomic mass is 9.44. The van der Waals surface area contributed by atoms with Gasteiger partial charge in [0.15, 0.2) is 5.78 Å². The zero-order valence-electron chi connectivity index (χ0n) is 18.7. The molecule has 3 heteroatoms. The highest BCUT2D eigenvalue weighted by atomic mass is 16.1. The first kappa shape index (κ1) is 20.0. The van der Waals surface area contributed by atoms with Gasteiger partial charge in [0, 0.05) is 6.42 Å². The van der Waals surface area contributed by atoms with Crippen LogP contribution in [0, 0.1) is 35.5 Å². The van der Waals surface area contributed by atoms with Crippen molar-refractivity contribution in [2.45, 2.75) is 77.6 Å². The number of carbonyl (C=O) groups is 2. The summed E-state index contributed by atoms with van der Waals surface area (Å²) in [5.41, 5.74) is 9.48. The minimum atomic E-state index is -0.561. The van der Waals surface area contributed by atoms with Crippen LogP contribution in [0.3, 0.4) is 0 Å². The quantitative estimate of drug-likeness (QED) is 0.730. The van der Waals surface area contributed by atoms with E-state index in [9.17, 15) is 9.59 Å². The molecule has 0 radical (unpaired) electrons. The molecule has 1 unspecified atom stereocenters. The summed E-state index contributed by atoms with van der Waals surface area (Å²) in [6.45, 7) is 6.89. The number of aryl methyl sites for hydroxylation is 1. The molecule has 6 atom stereocenters. The van der Waals surface area contributed by atoms with Crippen LogP contribution in [0.15, 0.2) is 35.9 Å². The Morgan fingerprint density at radius 3 is 2.53 bits per heavy atom. The summed E-state index contributed by atoms with van der Waals surface area (Å²) in [4.78, 5) is 25.2. The number of rotatable bonds is 2. The van der Waals surface area contributed by atoms with E-state index in [4.69, 9.17) is 5.73 Å². The van der Waals surface area contributed by atoms with Crippen molar-refractivity contribution in [3.8, 4) is 0 Å². The molecule has 5 rings (SSSR count). The summed E-state index contributed by atoms with van der Waals surface area (Å²) in [6, 6.07) is 8.51. The van der Waals surface area contributed by atoms with Crippen molar-refractivity contribution in [3.63, 3.8) is 0 Å². The zero-order valence-corrected chi connectivity index (χ0v) is 18.7. The third kappa shape index (κ3) is 2.44. The lowest BCUT2D eigenvalue weighted by molar-refractivity contribution is -0.133. The highest BCUT2D eigenvalue weighted by Gasteiger charge is 2.66. The van der Waals surface area contributed by atoms with Crippen molar-refractivity contribution in [1.82, 2.24) is 0 Å². The zero-order chi connectivity index (χ0) is 21.3. The first-order chi connectivity index (χ1) is 14.2. The third-order valence-electron chi connectivity index (χ3n) is 10.1. The maximum Gasteiger partial charge on any atom is 0.228 e. The lowest BCUT2D eigenvalue weighted by Gasteiger charge is -2.59. The fraction of sp³-hybridized carbons (Fsp3) is 0.630. The minimum Gasteiger partial charge on any atom is -0.369 e. The van der Waals surface area contributed by atoms with Crippen molar-refractivity contribution in [1.29, 1.82) is 0 Å². The number of fused-ring (bicyclic) bond motifs is 5. The van der Waals surface area contributed by atoms with Crippen LogP contribution in [0.5, 0.6) is 0 Å². The van der Waals surface area contributed by atoms with E-state index in [1.54, 1.807) is 0 Å². The van der Waals surface area contributed by atoms with Crippen LogP contribution in [0.4, 0.5) is 0 Å². The van der Waals surface area contributed by atoms with Gasteiger partial charge in [0.1, 0.15) is 0 Å². The predicted molar refractivity (Wildman–Crippen MR) is 119 cm³/mol. The van der Waals surface area contributed by atoms with E-state index in [1.165, 1.54) is 11.1 Å². The first-order valence-corrected chi connectivity index (χ1v) is 11.8. The Morgan fingerprint density at radius 2 is 1.80 bits per heavy atom. The largest absolute Gasteiger partial charge is 0.369 e. The summed E-state index contributed by atoms with van der Waals surface area (Å²) in [5.74, 6) is 1.97. The van der Waals surface area contributed by atoms with Crippen LogP contribution >= 0.6 is 0 Å². The van der Waals surface area contributed by atoms with Gasteiger partial charge in [-0.2, -0.15) is 0 Å². The van der Waals surface area contributed by atoms with Gasteiger partial charge in [0.25, 0.3) is 0 Å². The molecule has 0 spiro atoms. The number of amides is 1. The normalized spacial score (nSPS) is 42.7. The molecule has 1 aromatic rings. The molecule has 3 saturated carbocycles. The van der Waals surface area contributed by atoms with Crippen LogP contribution in [0.2, 0.25) is 0 Å². The van der Waals surface area contributed by atoms with E-state index in [1.807, 2.05) is 6.08 Å². The van der Waals surface area contributed by atoms with E-state index < -0.39 is 5.41 Å². The summed E-state index contributed by atoms with van der Waals surface area (Å²) >= 11 is 0. The van der Waals surface area contributed by atoms with Crippen LogP contribution < -0.4 is 5.73 Å². The number of ketones is 1. The van der Waals surface area contributed by atoms with Gasteiger partial charge in [-0.25, -0.2) is 0 Å². The summed E-state index contributed by atoms with van der Waals surface area (Å²) in [6.07, 6.45) is 10.0. The highest BCUT2D eigenvalue weighted by molar-refractivity contribution is 5.91. The van der Waals surface area contributed by atoms with E-state index in [-0.39, 0.29) is 16.7 Å². The number of primary amides is 1. The van der Waals surface area contributed by atoms with E-state index in [2.05, 4.69) is 45.0 Å². The number of hydrogen-bond acceptors (Lipinski definition) is 2. The molecule has 1 aromatic carbocycles. The number of hydrogen-bond donors (Lipinski definition) is 1. The number of nitrogens with two attached hydrogens (primary N) is 1. The molecule has 30 heavy (non-hydrogen) atoms. The second-order valence-electron chi connectivity index (χ2n) is 11.1. The average Bonchev–Trinajstić information content (AvgIpc) is 3.02. The Morgan fingerprint density at radius 1 is 1.03 bits per heavy atom. The minimum absolute atomic E-state index is 0.0874. The summed E-state index contributed by atoms with van der Waals surface area (Å²) in [5, 5.41) is 0. The average molecular weight is 406 g/mol. The van der Waals surface area contributed by atoms with Gasteiger partial charge >= 0.3 is 0 Å². The molecule has 4 aliphatic rings.